The van der Waals surface area contributed by atoms with E-state index in [0.717, 1.165) is 5.69 Å². The van der Waals surface area contributed by atoms with Crippen LogP contribution in [0.4, 0.5) is 0 Å². The zero-order valence-electron chi connectivity index (χ0n) is 63.9. The molecule has 114 heavy (non-hydrogen) atoms. The van der Waals surface area contributed by atoms with Gasteiger partial charge in [0.05, 0.1) is 44.5 Å². The number of aromatic nitrogens is 3. The molecule has 3 heteroatoms. The second-order valence-electron chi connectivity index (χ2n) is 32.6. The van der Waals surface area contributed by atoms with Crippen LogP contribution < -0.4 is 0 Å². The molecular weight excluding hydrogens is 1380 g/mol. The average molecular weight is 1450 g/mol. The molecule has 0 radical (unpaired) electrons. The van der Waals surface area contributed by atoms with Gasteiger partial charge < -0.3 is 13.7 Å². The largest absolute Gasteiger partial charge is 0.309 e. The molecule has 3 nitrogen and oxygen atoms in total. The van der Waals surface area contributed by atoms with E-state index in [1.165, 1.54) is 215 Å². The summed E-state index contributed by atoms with van der Waals surface area (Å²) < 4.78 is 7.44. The molecule has 21 aromatic rings. The number of hydrogen-bond donors (Lipinski definition) is 0. The molecule has 0 spiro atoms. The van der Waals surface area contributed by atoms with Crippen molar-refractivity contribution in [3.05, 3.63) is 427 Å². The van der Waals surface area contributed by atoms with E-state index in [1.54, 1.807) is 0 Å². The Morgan fingerprint density at radius 1 is 0.202 bits per heavy atom. The predicted molar refractivity (Wildman–Crippen MR) is 481 cm³/mol. The van der Waals surface area contributed by atoms with Crippen molar-refractivity contribution in [1.82, 2.24) is 13.7 Å². The molecule has 0 N–H and O–H groups in total. The lowest BCUT2D eigenvalue weighted by molar-refractivity contribution is 0.661. The van der Waals surface area contributed by atoms with Crippen LogP contribution in [0, 0.1) is 0 Å². The predicted octanol–water partition coefficient (Wildman–Crippen LogP) is 29.4. The highest BCUT2D eigenvalue weighted by molar-refractivity contribution is 6.17. The van der Waals surface area contributed by atoms with Crippen LogP contribution in [0.1, 0.15) is 72.6 Å². The molecule has 0 saturated heterocycles. The lowest BCUT2D eigenvalue weighted by atomic mass is 9.82. The number of rotatable bonds is 8. The number of nitrogens with zero attached hydrogens (tertiary/aromatic N) is 3. The highest BCUT2D eigenvalue weighted by Gasteiger charge is 2.39. The van der Waals surface area contributed by atoms with Gasteiger partial charge in [-0.2, -0.15) is 0 Å². The molecule has 1 atom stereocenters. The Labute approximate surface area is 662 Å². The van der Waals surface area contributed by atoms with Crippen molar-refractivity contribution in [3.8, 4) is 95.0 Å². The summed E-state index contributed by atoms with van der Waals surface area (Å²) in [6.45, 7) is 9.51. The van der Waals surface area contributed by atoms with Crippen molar-refractivity contribution in [2.24, 2.45) is 0 Å². The maximum atomic E-state index is 2.51. The number of benzene rings is 18. The van der Waals surface area contributed by atoms with E-state index in [1.807, 2.05) is 0 Å². The lowest BCUT2D eigenvalue weighted by Gasteiger charge is -2.21. The van der Waals surface area contributed by atoms with Crippen LogP contribution in [-0.4, -0.2) is 13.7 Å². The zero-order chi connectivity index (χ0) is 75.7. The summed E-state index contributed by atoms with van der Waals surface area (Å²) in [5, 5.41) is 12.6. The van der Waals surface area contributed by atoms with Crippen LogP contribution in [0.25, 0.3) is 182 Å². The highest BCUT2D eigenvalue weighted by atomic mass is 15.0. The minimum atomic E-state index is -0.0945. The summed E-state index contributed by atoms with van der Waals surface area (Å²) in [5.74, 6) is 0.185. The lowest BCUT2D eigenvalue weighted by Crippen LogP contribution is -2.15. The van der Waals surface area contributed by atoms with Gasteiger partial charge >= 0.3 is 0 Å². The van der Waals surface area contributed by atoms with E-state index in [9.17, 15) is 0 Å². The van der Waals surface area contributed by atoms with Gasteiger partial charge in [0.2, 0.25) is 0 Å². The summed E-state index contributed by atoms with van der Waals surface area (Å²) in [7, 11) is 0. The van der Waals surface area contributed by atoms with Crippen LogP contribution >= 0.6 is 0 Å². The van der Waals surface area contributed by atoms with Gasteiger partial charge in [0.15, 0.2) is 0 Å². The maximum Gasteiger partial charge on any atom is 0.0547 e. The molecule has 0 fully saturated rings. The van der Waals surface area contributed by atoms with Gasteiger partial charge in [0.1, 0.15) is 0 Å². The minimum absolute atomic E-state index is 0.0872. The second-order valence-corrected chi connectivity index (χ2v) is 32.6. The van der Waals surface area contributed by atoms with Crippen molar-refractivity contribution in [3.63, 3.8) is 0 Å². The van der Waals surface area contributed by atoms with Crippen LogP contribution in [-0.2, 0) is 10.8 Å². The summed E-state index contributed by atoms with van der Waals surface area (Å²) in [6.07, 6.45) is 0. The first-order valence-corrected chi connectivity index (χ1v) is 40.1. The van der Waals surface area contributed by atoms with E-state index >= 15 is 0 Å². The number of para-hydroxylation sites is 1. The molecule has 3 aliphatic rings. The van der Waals surface area contributed by atoms with E-state index in [4.69, 9.17) is 0 Å². The molecule has 18 aromatic carbocycles. The Morgan fingerprint density at radius 3 is 1.23 bits per heavy atom. The van der Waals surface area contributed by atoms with Gasteiger partial charge in [-0.3, -0.25) is 0 Å². The third-order valence-electron chi connectivity index (χ3n) is 25.8. The Morgan fingerprint density at radius 2 is 0.605 bits per heavy atom. The van der Waals surface area contributed by atoms with Crippen molar-refractivity contribution in [2.75, 3.05) is 0 Å². The summed E-state index contributed by atoms with van der Waals surface area (Å²) in [6, 6.07) is 144. The summed E-state index contributed by atoms with van der Waals surface area (Å²) in [4.78, 5) is 0. The molecule has 3 aromatic heterocycles. The molecule has 0 aliphatic heterocycles. The summed E-state index contributed by atoms with van der Waals surface area (Å²) in [5.41, 5.74) is 38.3. The number of hydrogen-bond acceptors (Lipinski definition) is 0. The fourth-order valence-electron chi connectivity index (χ4n) is 20.3. The van der Waals surface area contributed by atoms with Crippen LogP contribution in [0.5, 0.6) is 0 Å². The van der Waals surface area contributed by atoms with Gasteiger partial charge in [-0.1, -0.05) is 319 Å². The molecule has 536 valence electrons. The van der Waals surface area contributed by atoms with Gasteiger partial charge in [-0.25, -0.2) is 0 Å². The quantitative estimate of drug-likeness (QED) is 0.144. The van der Waals surface area contributed by atoms with Gasteiger partial charge in [-0.05, 0) is 225 Å². The molecule has 0 saturated carbocycles. The Balaban J connectivity index is 0.000000135. The monoisotopic (exact) mass is 1450 g/mol. The zero-order valence-corrected chi connectivity index (χ0v) is 63.9. The molecule has 0 bridgehead atoms. The van der Waals surface area contributed by atoms with Crippen molar-refractivity contribution < 1.29 is 0 Å². The van der Waals surface area contributed by atoms with Gasteiger partial charge in [-0.15, -0.1) is 0 Å². The fraction of sp³-hybridized carbons (Fsp3) is 0.0631. The Bertz CT molecular complexity index is 7590. The van der Waals surface area contributed by atoms with E-state index in [0.29, 0.717) is 0 Å². The third-order valence-corrected chi connectivity index (χ3v) is 25.8. The van der Waals surface area contributed by atoms with Gasteiger partial charge in [0.25, 0.3) is 0 Å². The number of fused-ring (bicyclic) bond motifs is 20. The SMILES string of the molecule is CC1(C)c2ccccc2-c2cc3c(cc21)c1cc(-c2ccc4c(c2)-c2ccccc2C4c2cccc(-c4ccccc4)c2)ccc1n3-c1cccc2ccccc12.CC1(C)c2ccccc2-c2cc3c4cc(-c5ccc6c(c5)c5ccccc5n6-c5cccc(-c6ccccc6)c5)ccc4n(-c4cccc5ccccc45)c3cc21. The fourth-order valence-corrected chi connectivity index (χ4v) is 20.3. The molecule has 3 aliphatic carbocycles. The second kappa shape index (κ2) is 25.2. The Kier molecular flexibility index (Phi) is 14.5. The summed E-state index contributed by atoms with van der Waals surface area (Å²) >= 11 is 0. The molecular formula is C111H77N3. The first kappa shape index (κ1) is 65.7. The third kappa shape index (κ3) is 9.95. The normalized spacial score (nSPS) is 14.0. The van der Waals surface area contributed by atoms with Crippen molar-refractivity contribution in [1.29, 1.82) is 0 Å². The first-order chi connectivity index (χ1) is 56.1. The van der Waals surface area contributed by atoms with Crippen molar-refractivity contribution >= 4 is 87.0 Å². The molecule has 24 rings (SSSR count). The van der Waals surface area contributed by atoms with E-state index in [-0.39, 0.29) is 16.7 Å². The van der Waals surface area contributed by atoms with Crippen LogP contribution in [0.15, 0.2) is 388 Å². The highest BCUT2D eigenvalue weighted by Crippen LogP contribution is 2.55. The van der Waals surface area contributed by atoms with Crippen LogP contribution in [0.2, 0.25) is 0 Å². The minimum Gasteiger partial charge on any atom is -0.309 e. The Hall–Kier alpha value is -14.1. The van der Waals surface area contributed by atoms with E-state index < -0.39 is 0 Å². The van der Waals surface area contributed by atoms with E-state index in [2.05, 4.69) is 430 Å². The van der Waals surface area contributed by atoms with Crippen molar-refractivity contribution in [2.45, 2.75) is 44.4 Å². The first-order valence-electron chi connectivity index (χ1n) is 40.1. The standard InChI is InChI=1S/C56H39N.C55H38N2/c1-56(2)50-24-11-10-22-43(50)47-34-54-49(33-51(47)56)48-32-39(27-29-53(48)57(54)52-25-13-17-36-16-6-7-20-41(36)52)38-26-28-45-46(31-38)42-21-8-9-23-44(42)55(45)40-19-12-18-37(30-40)35-14-4-3-5-15-35;1-55(2)48-23-10-8-21-42(48)44-33-47-46-32-39(27-29-53(46)57(54(47)34-49(44)55)50-25-13-17-36-16-6-7-20-41(36)50)38-26-28-52-45(31-38)43-22-9-11-24-51(43)56(52)40-19-12-18-37(30-40)35-14-4-3-5-15-35/h3-34,55H,1-2H3;3-34H,1-2H3. The van der Waals surface area contributed by atoms with Gasteiger partial charge in [0, 0.05) is 65.5 Å². The van der Waals surface area contributed by atoms with Crippen LogP contribution in [0.3, 0.4) is 0 Å². The topological polar surface area (TPSA) is 14.8 Å². The maximum absolute atomic E-state index is 2.51. The average Bonchev–Trinajstić information content (AvgIpc) is 1.55. The molecule has 0 amide bonds. The molecule has 3 heterocycles. The molecule has 1 unspecified atom stereocenters. The smallest absolute Gasteiger partial charge is 0.0547 e.